The predicted octanol–water partition coefficient (Wildman–Crippen LogP) is 1.30. The van der Waals surface area contributed by atoms with E-state index in [1.54, 1.807) is 0 Å². The van der Waals surface area contributed by atoms with Gasteiger partial charge in [0.1, 0.15) is 12.1 Å². The molecule has 0 radical (unpaired) electrons. The van der Waals surface area contributed by atoms with Gasteiger partial charge in [-0.05, 0) is 25.2 Å². The van der Waals surface area contributed by atoms with Crippen LogP contribution in [-0.2, 0) is 9.59 Å². The molecule has 2 unspecified atom stereocenters. The number of carbonyl (C=O) groups is 2. The minimum Gasteiger partial charge on any atom is -0.343 e. The molecule has 0 spiro atoms. The van der Waals surface area contributed by atoms with Gasteiger partial charge >= 0.3 is 0 Å². The van der Waals surface area contributed by atoms with Crippen LogP contribution < -0.4 is 5.32 Å². The summed E-state index contributed by atoms with van der Waals surface area (Å²) in [6.07, 6.45) is 5.04. The maximum Gasteiger partial charge on any atom is 0.245 e. The van der Waals surface area contributed by atoms with E-state index >= 15 is 0 Å². The summed E-state index contributed by atoms with van der Waals surface area (Å²) in [4.78, 5) is 25.9. The van der Waals surface area contributed by atoms with Crippen LogP contribution in [0.4, 0.5) is 0 Å². The van der Waals surface area contributed by atoms with Crippen molar-refractivity contribution >= 4 is 11.8 Å². The van der Waals surface area contributed by atoms with Gasteiger partial charge in [-0.2, -0.15) is 0 Å². The Morgan fingerprint density at radius 2 is 1.94 bits per heavy atom. The number of hydrogen-bond acceptors (Lipinski definition) is 2. The first-order valence-electron chi connectivity index (χ1n) is 6.78. The number of nitrogens with zero attached hydrogens (tertiary/aromatic N) is 1. The molecule has 2 aliphatic rings. The zero-order chi connectivity index (χ0) is 12.4. The van der Waals surface area contributed by atoms with Crippen LogP contribution in [-0.4, -0.2) is 35.3 Å². The third kappa shape index (κ3) is 2.61. The van der Waals surface area contributed by atoms with Gasteiger partial charge in [0, 0.05) is 6.54 Å². The maximum atomic E-state index is 12.2. The summed E-state index contributed by atoms with van der Waals surface area (Å²) in [6.45, 7) is 4.66. The molecule has 2 amide bonds. The van der Waals surface area contributed by atoms with Gasteiger partial charge in [-0.15, -0.1) is 0 Å². The van der Waals surface area contributed by atoms with Crippen LogP contribution in [0.25, 0.3) is 0 Å². The van der Waals surface area contributed by atoms with Crippen molar-refractivity contribution in [3.05, 3.63) is 0 Å². The summed E-state index contributed by atoms with van der Waals surface area (Å²) >= 11 is 0. The monoisotopic (exact) mass is 238 g/mol. The molecule has 2 fully saturated rings. The number of rotatable bonds is 5. The summed E-state index contributed by atoms with van der Waals surface area (Å²) in [7, 11) is 0. The Kier molecular flexibility index (Phi) is 3.69. The lowest BCUT2D eigenvalue weighted by Crippen LogP contribution is -2.63. The summed E-state index contributed by atoms with van der Waals surface area (Å²) in [5.41, 5.74) is 0. The van der Waals surface area contributed by atoms with Crippen LogP contribution in [0, 0.1) is 5.92 Å². The number of amides is 2. The molecule has 0 aromatic rings. The van der Waals surface area contributed by atoms with E-state index in [1.807, 2.05) is 18.7 Å². The molecule has 4 nitrogen and oxygen atoms in total. The highest BCUT2D eigenvalue weighted by molar-refractivity contribution is 5.96. The average molecular weight is 238 g/mol. The first kappa shape index (κ1) is 12.4. The zero-order valence-electron chi connectivity index (χ0n) is 10.7. The molecule has 1 aliphatic carbocycles. The molecular weight excluding hydrogens is 216 g/mol. The van der Waals surface area contributed by atoms with Crippen molar-refractivity contribution in [3.63, 3.8) is 0 Å². The van der Waals surface area contributed by atoms with Gasteiger partial charge in [-0.3, -0.25) is 9.59 Å². The van der Waals surface area contributed by atoms with E-state index in [0.717, 1.165) is 18.9 Å². The predicted molar refractivity (Wildman–Crippen MR) is 65.4 cm³/mol. The molecule has 4 heteroatoms. The highest BCUT2D eigenvalue weighted by Gasteiger charge is 2.39. The Hall–Kier alpha value is -1.06. The Labute approximate surface area is 103 Å². The second-order valence-electron chi connectivity index (χ2n) is 5.16. The first-order chi connectivity index (χ1) is 8.17. The van der Waals surface area contributed by atoms with E-state index in [4.69, 9.17) is 0 Å². The second-order valence-corrected chi connectivity index (χ2v) is 5.16. The van der Waals surface area contributed by atoms with Crippen LogP contribution in [0.1, 0.15) is 46.0 Å². The Bertz CT molecular complexity index is 313. The van der Waals surface area contributed by atoms with Crippen LogP contribution in [0.5, 0.6) is 0 Å². The van der Waals surface area contributed by atoms with Crippen molar-refractivity contribution in [1.29, 1.82) is 0 Å². The van der Waals surface area contributed by atoms with E-state index in [2.05, 4.69) is 5.32 Å². The highest BCUT2D eigenvalue weighted by atomic mass is 16.2. The van der Waals surface area contributed by atoms with E-state index in [-0.39, 0.29) is 23.9 Å². The number of hydrogen-bond donors (Lipinski definition) is 1. The van der Waals surface area contributed by atoms with E-state index in [1.165, 1.54) is 12.8 Å². The summed E-state index contributed by atoms with van der Waals surface area (Å²) in [5, 5.41) is 2.82. The second kappa shape index (κ2) is 5.07. The quantitative estimate of drug-likeness (QED) is 0.785. The molecule has 1 aliphatic heterocycles. The molecule has 1 saturated carbocycles. The first-order valence-corrected chi connectivity index (χ1v) is 6.78. The zero-order valence-corrected chi connectivity index (χ0v) is 10.7. The van der Waals surface area contributed by atoms with Crippen LogP contribution in [0.3, 0.4) is 0 Å². The summed E-state index contributed by atoms with van der Waals surface area (Å²) in [6, 6.07) is -0.548. The topological polar surface area (TPSA) is 49.4 Å². The van der Waals surface area contributed by atoms with Gasteiger partial charge in [0.15, 0.2) is 0 Å². The van der Waals surface area contributed by atoms with Gasteiger partial charge < -0.3 is 10.2 Å². The highest BCUT2D eigenvalue weighted by Crippen LogP contribution is 2.33. The van der Waals surface area contributed by atoms with Gasteiger partial charge in [0.2, 0.25) is 11.8 Å². The Balaban J connectivity index is 2.03. The van der Waals surface area contributed by atoms with Crippen molar-refractivity contribution < 1.29 is 9.59 Å². The van der Waals surface area contributed by atoms with Gasteiger partial charge in [0.05, 0.1) is 0 Å². The lowest BCUT2D eigenvalue weighted by atomic mass is 10.0. The molecule has 2 atom stereocenters. The largest absolute Gasteiger partial charge is 0.343 e. The molecule has 96 valence electrons. The van der Waals surface area contributed by atoms with Gasteiger partial charge in [-0.25, -0.2) is 0 Å². The normalized spacial score (nSPS) is 29.4. The smallest absolute Gasteiger partial charge is 0.245 e. The fraction of sp³-hybridized carbons (Fsp3) is 0.846. The van der Waals surface area contributed by atoms with Crippen molar-refractivity contribution in [1.82, 2.24) is 10.2 Å². The Morgan fingerprint density at radius 1 is 1.24 bits per heavy atom. The molecule has 1 N–H and O–H groups in total. The standard InChI is InChI=1S/C13H22N2O2/c1-3-10-13(17)15(8-7-9-5-6-9)11(4-2)12(16)14-10/h9-11H,3-8H2,1-2H3,(H,14,16). The number of carbonyl (C=O) groups excluding carboxylic acids is 2. The number of nitrogens with one attached hydrogen (secondary N) is 1. The fourth-order valence-corrected chi connectivity index (χ4v) is 2.50. The van der Waals surface area contributed by atoms with E-state index in [9.17, 15) is 9.59 Å². The minimum absolute atomic E-state index is 0.0229. The third-order valence-corrected chi connectivity index (χ3v) is 3.85. The third-order valence-electron chi connectivity index (χ3n) is 3.85. The van der Waals surface area contributed by atoms with Crippen molar-refractivity contribution in [3.8, 4) is 0 Å². The Morgan fingerprint density at radius 3 is 2.47 bits per heavy atom. The molecule has 0 bridgehead atoms. The SMILES string of the molecule is CCC1NC(=O)C(CC)N(CCC2CC2)C1=O. The van der Waals surface area contributed by atoms with Crippen LogP contribution in [0.15, 0.2) is 0 Å². The minimum atomic E-state index is -0.301. The molecule has 0 aromatic heterocycles. The van der Waals surface area contributed by atoms with Gasteiger partial charge in [-0.1, -0.05) is 26.7 Å². The average Bonchev–Trinajstić information content (AvgIpc) is 3.13. The molecular formula is C13H22N2O2. The number of piperazine rings is 1. The van der Waals surface area contributed by atoms with Crippen molar-refractivity contribution in [2.45, 2.75) is 58.0 Å². The lowest BCUT2D eigenvalue weighted by Gasteiger charge is -2.38. The van der Waals surface area contributed by atoms with Crippen molar-refractivity contribution in [2.24, 2.45) is 5.92 Å². The molecule has 17 heavy (non-hydrogen) atoms. The fourth-order valence-electron chi connectivity index (χ4n) is 2.50. The molecule has 1 saturated heterocycles. The molecule has 0 aromatic carbocycles. The van der Waals surface area contributed by atoms with E-state index in [0.29, 0.717) is 12.8 Å². The van der Waals surface area contributed by atoms with E-state index < -0.39 is 0 Å². The van der Waals surface area contributed by atoms with Crippen LogP contribution in [0.2, 0.25) is 0 Å². The lowest BCUT2D eigenvalue weighted by molar-refractivity contribution is -0.149. The van der Waals surface area contributed by atoms with Gasteiger partial charge in [0.25, 0.3) is 0 Å². The maximum absolute atomic E-state index is 12.2. The molecule has 1 heterocycles. The molecule has 2 rings (SSSR count). The summed E-state index contributed by atoms with van der Waals surface area (Å²) < 4.78 is 0. The van der Waals surface area contributed by atoms with Crippen LogP contribution >= 0.6 is 0 Å². The summed E-state index contributed by atoms with van der Waals surface area (Å²) in [5.74, 6) is 0.930. The van der Waals surface area contributed by atoms with Crippen molar-refractivity contribution in [2.75, 3.05) is 6.54 Å².